The number of nitrogens with one attached hydrogen (secondary N) is 2. The molecule has 6 nitrogen and oxygen atoms in total. The van der Waals surface area contributed by atoms with Gasteiger partial charge in [-0.2, -0.15) is 0 Å². The van der Waals surface area contributed by atoms with E-state index in [1.165, 1.54) is 17.8 Å². The highest BCUT2D eigenvalue weighted by atomic mass is 32.1. The summed E-state index contributed by atoms with van der Waals surface area (Å²) in [6, 6.07) is 14.4. The van der Waals surface area contributed by atoms with Gasteiger partial charge in [0.2, 0.25) is 0 Å². The monoisotopic (exact) mass is 444 g/mol. The third-order valence-corrected chi connectivity index (χ3v) is 6.73. The van der Waals surface area contributed by atoms with Gasteiger partial charge in [0.05, 0.1) is 11.6 Å². The SMILES string of the molecule is Fc1cnc2[nH]cc(-c3nc(N[C@H]4CCN(Cc5ccccc5)C4)c4ccsc4n3)c2c1. The van der Waals surface area contributed by atoms with E-state index in [2.05, 4.69) is 56.6 Å². The fourth-order valence-corrected chi connectivity index (χ4v) is 5.14. The van der Waals surface area contributed by atoms with E-state index in [4.69, 9.17) is 9.97 Å². The Labute approximate surface area is 188 Å². The number of thiophene rings is 1. The van der Waals surface area contributed by atoms with Crippen LogP contribution in [0.4, 0.5) is 10.2 Å². The average molecular weight is 445 g/mol. The summed E-state index contributed by atoms with van der Waals surface area (Å²) in [5.41, 5.74) is 2.71. The van der Waals surface area contributed by atoms with Crippen molar-refractivity contribution in [2.45, 2.75) is 19.0 Å². The smallest absolute Gasteiger partial charge is 0.165 e. The highest BCUT2D eigenvalue weighted by molar-refractivity contribution is 7.16. The zero-order valence-electron chi connectivity index (χ0n) is 17.3. The molecule has 0 unspecified atom stereocenters. The summed E-state index contributed by atoms with van der Waals surface area (Å²) in [7, 11) is 0. The molecule has 5 aromatic rings. The summed E-state index contributed by atoms with van der Waals surface area (Å²) < 4.78 is 13.8. The molecule has 1 atom stereocenters. The largest absolute Gasteiger partial charge is 0.365 e. The van der Waals surface area contributed by atoms with Gasteiger partial charge in [0.25, 0.3) is 0 Å². The van der Waals surface area contributed by atoms with Crippen molar-refractivity contribution in [3.8, 4) is 11.4 Å². The van der Waals surface area contributed by atoms with Crippen LogP contribution in [0.2, 0.25) is 0 Å². The average Bonchev–Trinajstić information content (AvgIpc) is 3.54. The summed E-state index contributed by atoms with van der Waals surface area (Å²) in [5.74, 6) is 1.02. The van der Waals surface area contributed by atoms with E-state index in [0.29, 0.717) is 22.9 Å². The Hall–Kier alpha value is -3.36. The third-order valence-electron chi connectivity index (χ3n) is 5.93. The Bertz CT molecular complexity index is 1400. The molecule has 1 aliphatic heterocycles. The maximum atomic E-state index is 13.8. The van der Waals surface area contributed by atoms with E-state index < -0.39 is 0 Å². The maximum absolute atomic E-state index is 13.8. The van der Waals surface area contributed by atoms with Crippen LogP contribution in [0.15, 0.2) is 60.2 Å². The number of hydrogen-bond donors (Lipinski definition) is 2. The Morgan fingerprint density at radius 1 is 1.16 bits per heavy atom. The number of aromatic amines is 1. The topological polar surface area (TPSA) is 69.7 Å². The normalized spacial score (nSPS) is 16.8. The number of likely N-dealkylation sites (tertiary alicyclic amines) is 1. The van der Waals surface area contributed by atoms with Gasteiger partial charge in [-0.25, -0.2) is 19.3 Å². The van der Waals surface area contributed by atoms with Gasteiger partial charge in [0.1, 0.15) is 22.1 Å². The van der Waals surface area contributed by atoms with E-state index in [9.17, 15) is 4.39 Å². The molecule has 0 aliphatic carbocycles. The van der Waals surface area contributed by atoms with Crippen LogP contribution >= 0.6 is 11.3 Å². The summed E-state index contributed by atoms with van der Waals surface area (Å²) in [6.07, 6.45) is 4.06. The van der Waals surface area contributed by atoms with Crippen molar-refractivity contribution in [3.63, 3.8) is 0 Å². The first-order valence-corrected chi connectivity index (χ1v) is 11.5. The molecule has 0 bridgehead atoms. The molecular weight excluding hydrogens is 423 g/mol. The molecule has 1 aromatic carbocycles. The standard InChI is InChI=1S/C24H21FN6S/c25-16-10-19-20(12-27-21(19)26-11-16)23-29-22(18-7-9-32-24(18)30-23)28-17-6-8-31(14-17)13-15-4-2-1-3-5-15/h1-5,7,9-12,17H,6,8,13-14H2,(H,26,27)(H,28,29,30)/t17-/m0/s1. The van der Waals surface area contributed by atoms with Gasteiger partial charge in [-0.3, -0.25) is 4.90 Å². The molecule has 1 aliphatic rings. The predicted octanol–water partition coefficient (Wildman–Crippen LogP) is 5.06. The Morgan fingerprint density at radius 3 is 2.97 bits per heavy atom. The van der Waals surface area contributed by atoms with E-state index in [1.54, 1.807) is 17.5 Å². The summed E-state index contributed by atoms with van der Waals surface area (Å²) in [5, 5.41) is 7.39. The van der Waals surface area contributed by atoms with Crippen molar-refractivity contribution in [1.29, 1.82) is 0 Å². The second-order valence-electron chi connectivity index (χ2n) is 8.14. The summed E-state index contributed by atoms with van der Waals surface area (Å²) >= 11 is 1.58. The molecule has 0 radical (unpaired) electrons. The second kappa shape index (κ2) is 7.96. The number of fused-ring (bicyclic) bond motifs is 2. The lowest BCUT2D eigenvalue weighted by Gasteiger charge is -2.17. The molecule has 32 heavy (non-hydrogen) atoms. The first kappa shape index (κ1) is 19.3. The molecule has 2 N–H and O–H groups in total. The fourth-order valence-electron chi connectivity index (χ4n) is 4.38. The number of rotatable bonds is 5. The van der Waals surface area contributed by atoms with Crippen molar-refractivity contribution in [2.24, 2.45) is 0 Å². The van der Waals surface area contributed by atoms with E-state index in [-0.39, 0.29) is 5.82 Å². The van der Waals surface area contributed by atoms with Crippen LogP contribution < -0.4 is 5.32 Å². The number of benzene rings is 1. The third kappa shape index (κ3) is 3.61. The zero-order valence-corrected chi connectivity index (χ0v) is 18.1. The molecule has 1 saturated heterocycles. The lowest BCUT2D eigenvalue weighted by molar-refractivity contribution is 0.328. The molecule has 4 aromatic heterocycles. The van der Waals surface area contributed by atoms with Gasteiger partial charge in [0.15, 0.2) is 5.82 Å². The zero-order chi connectivity index (χ0) is 21.5. The van der Waals surface area contributed by atoms with Gasteiger partial charge in [-0.05, 0) is 29.5 Å². The number of halogens is 1. The molecule has 0 amide bonds. The number of aromatic nitrogens is 4. The molecule has 5 heterocycles. The van der Waals surface area contributed by atoms with Gasteiger partial charge in [-0.1, -0.05) is 30.3 Å². The second-order valence-corrected chi connectivity index (χ2v) is 9.03. The quantitative estimate of drug-likeness (QED) is 0.397. The van der Waals surface area contributed by atoms with E-state index in [1.807, 2.05) is 5.38 Å². The Balaban J connectivity index is 1.29. The minimum absolute atomic E-state index is 0.312. The number of nitrogens with zero attached hydrogens (tertiary/aromatic N) is 4. The maximum Gasteiger partial charge on any atom is 0.165 e. The predicted molar refractivity (Wildman–Crippen MR) is 126 cm³/mol. The number of pyridine rings is 1. The highest BCUT2D eigenvalue weighted by Crippen LogP contribution is 2.32. The molecule has 0 saturated carbocycles. The molecule has 6 rings (SSSR count). The minimum atomic E-state index is -0.377. The first-order valence-electron chi connectivity index (χ1n) is 10.6. The van der Waals surface area contributed by atoms with Gasteiger partial charge >= 0.3 is 0 Å². The number of anilines is 1. The van der Waals surface area contributed by atoms with Crippen LogP contribution in [0.5, 0.6) is 0 Å². The first-order chi connectivity index (χ1) is 15.7. The Kier molecular flexibility index (Phi) is 4.81. The van der Waals surface area contributed by atoms with Crippen molar-refractivity contribution in [2.75, 3.05) is 18.4 Å². The van der Waals surface area contributed by atoms with Gasteiger partial charge < -0.3 is 10.3 Å². The van der Waals surface area contributed by atoms with Crippen LogP contribution in [0.3, 0.4) is 0 Å². The summed E-state index contributed by atoms with van der Waals surface area (Å²) in [6.45, 7) is 2.96. The number of H-pyrrole nitrogens is 1. The molecule has 0 spiro atoms. The van der Waals surface area contributed by atoms with Crippen molar-refractivity contribution >= 4 is 38.4 Å². The van der Waals surface area contributed by atoms with Crippen molar-refractivity contribution < 1.29 is 4.39 Å². The van der Waals surface area contributed by atoms with Gasteiger partial charge in [-0.15, -0.1) is 11.3 Å². The van der Waals surface area contributed by atoms with Crippen LogP contribution in [-0.4, -0.2) is 44.0 Å². The molecule has 160 valence electrons. The van der Waals surface area contributed by atoms with E-state index in [0.717, 1.165) is 47.7 Å². The fraction of sp³-hybridized carbons (Fsp3) is 0.208. The van der Waals surface area contributed by atoms with Crippen molar-refractivity contribution in [3.05, 3.63) is 71.6 Å². The molecule has 8 heteroatoms. The van der Waals surface area contributed by atoms with Crippen LogP contribution in [-0.2, 0) is 6.54 Å². The molecular formula is C24H21FN6S. The van der Waals surface area contributed by atoms with E-state index >= 15 is 0 Å². The summed E-state index contributed by atoms with van der Waals surface area (Å²) in [4.78, 5) is 20.2. The van der Waals surface area contributed by atoms with Crippen LogP contribution in [0.1, 0.15) is 12.0 Å². The van der Waals surface area contributed by atoms with Crippen LogP contribution in [0, 0.1) is 5.82 Å². The highest BCUT2D eigenvalue weighted by Gasteiger charge is 2.24. The van der Waals surface area contributed by atoms with Crippen LogP contribution in [0.25, 0.3) is 32.6 Å². The lowest BCUT2D eigenvalue weighted by Crippen LogP contribution is -2.26. The van der Waals surface area contributed by atoms with Gasteiger partial charge in [0, 0.05) is 42.8 Å². The minimum Gasteiger partial charge on any atom is -0.365 e. The number of hydrogen-bond acceptors (Lipinski definition) is 6. The Morgan fingerprint density at radius 2 is 2.06 bits per heavy atom. The lowest BCUT2D eigenvalue weighted by atomic mass is 10.2. The van der Waals surface area contributed by atoms with Crippen molar-refractivity contribution in [1.82, 2.24) is 24.8 Å². The molecule has 1 fully saturated rings.